The number of anilines is 1. The maximum atomic E-state index is 12.7. The Bertz CT molecular complexity index is 705. The van der Waals surface area contributed by atoms with Crippen LogP contribution in [-0.2, 0) is 6.54 Å². The Labute approximate surface area is 143 Å². The fraction of sp³-hybridized carbons (Fsp3) is 0.350. The molecule has 120 valence electrons. The Kier molecular flexibility index (Phi) is 4.20. The zero-order valence-electron chi connectivity index (χ0n) is 13.8. The van der Waals surface area contributed by atoms with Crippen LogP contribution in [0, 0.1) is 5.41 Å². The number of rotatable bonds is 2. The van der Waals surface area contributed by atoms with Crippen LogP contribution in [0.4, 0.5) is 5.69 Å². The second kappa shape index (κ2) is 6.01. The molecule has 2 aromatic carbocycles. The predicted octanol–water partition coefficient (Wildman–Crippen LogP) is 4.91. The summed E-state index contributed by atoms with van der Waals surface area (Å²) in [7, 11) is 0. The van der Waals surface area contributed by atoms with Crippen molar-refractivity contribution in [2.45, 2.75) is 38.7 Å². The lowest BCUT2D eigenvalue weighted by molar-refractivity contribution is 0.0944. The number of Topliss-reactive ketones (excluding diaryl/α,β-unsaturated/α-hetero) is 1. The van der Waals surface area contributed by atoms with Crippen molar-refractivity contribution in [1.82, 2.24) is 0 Å². The molecule has 2 unspecified atom stereocenters. The van der Waals surface area contributed by atoms with Crippen molar-refractivity contribution in [3.05, 3.63) is 65.7 Å². The van der Waals surface area contributed by atoms with Gasteiger partial charge in [-0.1, -0.05) is 63.2 Å². The van der Waals surface area contributed by atoms with Crippen LogP contribution in [-0.4, -0.2) is 17.2 Å². The predicted molar refractivity (Wildman–Crippen MR) is 96.3 cm³/mol. The number of fused-ring (bicyclic) bond motifs is 1. The van der Waals surface area contributed by atoms with Crippen molar-refractivity contribution < 1.29 is 4.79 Å². The van der Waals surface area contributed by atoms with Crippen molar-refractivity contribution in [2.24, 2.45) is 5.41 Å². The number of carbonyl (C=O) groups excluding carboxylic acids is 1. The van der Waals surface area contributed by atoms with Crippen LogP contribution in [0.25, 0.3) is 0 Å². The zero-order chi connectivity index (χ0) is 16.6. The highest BCUT2D eigenvalue weighted by molar-refractivity contribution is 6.36. The van der Waals surface area contributed by atoms with Gasteiger partial charge in [-0.05, 0) is 23.1 Å². The van der Waals surface area contributed by atoms with Gasteiger partial charge < -0.3 is 4.90 Å². The number of para-hydroxylation sites is 1. The fourth-order valence-electron chi connectivity index (χ4n) is 3.40. The minimum atomic E-state index is -0.534. The lowest BCUT2D eigenvalue weighted by atomic mass is 9.78. The molecule has 2 aromatic rings. The first kappa shape index (κ1) is 16.1. The van der Waals surface area contributed by atoms with E-state index in [0.29, 0.717) is 0 Å². The highest BCUT2D eigenvalue weighted by Gasteiger charge is 2.44. The van der Waals surface area contributed by atoms with E-state index in [1.54, 1.807) is 0 Å². The topological polar surface area (TPSA) is 20.3 Å². The van der Waals surface area contributed by atoms with Crippen LogP contribution in [0.3, 0.4) is 0 Å². The molecule has 1 aliphatic heterocycles. The third kappa shape index (κ3) is 3.00. The number of benzene rings is 2. The number of carbonyl (C=O) groups is 1. The normalized spacial score (nSPS) is 21.2. The Hall–Kier alpha value is -1.80. The lowest BCUT2D eigenvalue weighted by Gasteiger charge is -2.47. The summed E-state index contributed by atoms with van der Waals surface area (Å²) < 4.78 is 0. The van der Waals surface area contributed by atoms with Gasteiger partial charge in [0.05, 0.1) is 6.04 Å². The molecule has 23 heavy (non-hydrogen) atoms. The molecule has 0 aliphatic carbocycles. The monoisotopic (exact) mass is 327 g/mol. The first-order valence-electron chi connectivity index (χ1n) is 7.97. The molecule has 2 nitrogen and oxygen atoms in total. The molecular weight excluding hydrogens is 306 g/mol. The van der Waals surface area contributed by atoms with Crippen molar-refractivity contribution >= 4 is 23.1 Å². The van der Waals surface area contributed by atoms with Crippen LogP contribution in [0.1, 0.15) is 36.7 Å². The third-order valence-electron chi connectivity index (χ3n) is 4.43. The minimum absolute atomic E-state index is 0.0338. The summed E-state index contributed by atoms with van der Waals surface area (Å²) in [4.78, 5) is 15.0. The third-order valence-corrected chi connectivity index (χ3v) is 4.86. The van der Waals surface area contributed by atoms with E-state index in [-0.39, 0.29) is 17.2 Å². The molecule has 0 radical (unpaired) electrons. The Balaban J connectivity index is 2.10. The van der Waals surface area contributed by atoms with Gasteiger partial charge in [0.2, 0.25) is 0 Å². The molecule has 0 saturated heterocycles. The lowest BCUT2D eigenvalue weighted by Crippen LogP contribution is -2.55. The van der Waals surface area contributed by atoms with Crippen molar-refractivity contribution in [1.29, 1.82) is 0 Å². The second-order valence-electron chi connectivity index (χ2n) is 7.21. The average molecular weight is 328 g/mol. The van der Waals surface area contributed by atoms with Gasteiger partial charge in [-0.3, -0.25) is 4.79 Å². The molecule has 0 saturated carbocycles. The van der Waals surface area contributed by atoms with Crippen molar-refractivity contribution in [2.75, 3.05) is 4.90 Å². The van der Waals surface area contributed by atoms with Gasteiger partial charge in [-0.25, -0.2) is 0 Å². The molecule has 2 atom stereocenters. The van der Waals surface area contributed by atoms with Crippen LogP contribution in [0.2, 0.25) is 0 Å². The van der Waals surface area contributed by atoms with Gasteiger partial charge in [0, 0.05) is 17.8 Å². The number of alkyl halides is 1. The number of hydrogen-bond acceptors (Lipinski definition) is 2. The van der Waals surface area contributed by atoms with E-state index < -0.39 is 5.38 Å². The summed E-state index contributed by atoms with van der Waals surface area (Å²) in [5.74, 6) is 0.0338. The molecule has 3 rings (SSSR count). The van der Waals surface area contributed by atoms with Crippen LogP contribution in [0.5, 0.6) is 0 Å². The summed E-state index contributed by atoms with van der Waals surface area (Å²) in [5, 5.41) is -0.534. The largest absolute Gasteiger partial charge is 0.361 e. The van der Waals surface area contributed by atoms with Gasteiger partial charge in [-0.2, -0.15) is 0 Å². The van der Waals surface area contributed by atoms with Crippen LogP contribution >= 0.6 is 11.6 Å². The van der Waals surface area contributed by atoms with Crippen molar-refractivity contribution in [3.8, 4) is 0 Å². The molecule has 3 heteroatoms. The molecule has 1 aliphatic rings. The van der Waals surface area contributed by atoms with Gasteiger partial charge in [0.1, 0.15) is 5.38 Å². The number of nitrogens with zero attached hydrogens (tertiary/aromatic N) is 1. The van der Waals surface area contributed by atoms with E-state index in [1.807, 2.05) is 42.5 Å². The highest BCUT2D eigenvalue weighted by atomic mass is 35.5. The van der Waals surface area contributed by atoms with Gasteiger partial charge >= 0.3 is 0 Å². The Morgan fingerprint density at radius 3 is 2.26 bits per heavy atom. The SMILES string of the molecule is CC(C)(C)C1C(Cl)C(=O)c2ccccc2N1Cc1ccccc1. The molecule has 0 spiro atoms. The van der Waals surface area contributed by atoms with Gasteiger partial charge in [-0.15, -0.1) is 11.6 Å². The number of halogens is 1. The average Bonchev–Trinajstić information content (AvgIpc) is 2.52. The first-order chi connectivity index (χ1) is 10.9. The smallest absolute Gasteiger partial charge is 0.184 e. The molecule has 0 bridgehead atoms. The van der Waals surface area contributed by atoms with E-state index in [2.05, 4.69) is 37.8 Å². The summed E-state index contributed by atoms with van der Waals surface area (Å²) in [6, 6.07) is 18.1. The highest BCUT2D eigenvalue weighted by Crippen LogP contribution is 2.41. The van der Waals surface area contributed by atoms with E-state index >= 15 is 0 Å². The number of hydrogen-bond donors (Lipinski definition) is 0. The van der Waals surface area contributed by atoms with Crippen molar-refractivity contribution in [3.63, 3.8) is 0 Å². The Morgan fingerprint density at radius 1 is 1.00 bits per heavy atom. The second-order valence-corrected chi connectivity index (χ2v) is 7.68. The molecule has 1 heterocycles. The van der Waals surface area contributed by atoms with E-state index in [1.165, 1.54) is 5.56 Å². The number of ketones is 1. The van der Waals surface area contributed by atoms with Crippen LogP contribution in [0.15, 0.2) is 54.6 Å². The fourth-order valence-corrected chi connectivity index (χ4v) is 4.03. The van der Waals surface area contributed by atoms with Gasteiger partial charge in [0.15, 0.2) is 5.78 Å². The summed E-state index contributed by atoms with van der Waals surface area (Å²) in [6.45, 7) is 7.18. The maximum absolute atomic E-state index is 12.7. The van der Waals surface area contributed by atoms with E-state index in [0.717, 1.165) is 17.8 Å². The molecule has 0 N–H and O–H groups in total. The summed E-state index contributed by atoms with van der Waals surface area (Å²) in [5.41, 5.74) is 2.82. The van der Waals surface area contributed by atoms with E-state index in [4.69, 9.17) is 11.6 Å². The Morgan fingerprint density at radius 2 is 1.61 bits per heavy atom. The standard InChI is InChI=1S/C20H22ClNO/c1-20(2,3)19-17(21)18(23)15-11-7-8-12-16(15)22(19)13-14-9-5-4-6-10-14/h4-12,17,19H,13H2,1-3H3. The van der Waals surface area contributed by atoms with E-state index in [9.17, 15) is 4.79 Å². The van der Waals surface area contributed by atoms with Crippen LogP contribution < -0.4 is 4.90 Å². The maximum Gasteiger partial charge on any atom is 0.184 e. The summed E-state index contributed by atoms with van der Waals surface area (Å²) in [6.07, 6.45) is 0. The van der Waals surface area contributed by atoms with Gasteiger partial charge in [0.25, 0.3) is 0 Å². The summed E-state index contributed by atoms with van der Waals surface area (Å²) >= 11 is 6.62. The molecule has 0 fully saturated rings. The quantitative estimate of drug-likeness (QED) is 0.730. The first-order valence-corrected chi connectivity index (χ1v) is 8.41. The molecular formula is C20H22ClNO. The minimum Gasteiger partial charge on any atom is -0.361 e. The zero-order valence-corrected chi connectivity index (χ0v) is 14.5. The molecule has 0 aromatic heterocycles. The molecule has 0 amide bonds.